The number of amides is 1. The van der Waals surface area contributed by atoms with Crippen LogP contribution in [0.15, 0.2) is 36.5 Å². The lowest BCUT2D eigenvalue weighted by atomic mass is 10.1. The Bertz CT molecular complexity index is 1060. The maximum absolute atomic E-state index is 13.7. The van der Waals surface area contributed by atoms with Gasteiger partial charge in [-0.25, -0.2) is 18.4 Å². The van der Waals surface area contributed by atoms with Crippen molar-refractivity contribution in [3.05, 3.63) is 70.7 Å². The van der Waals surface area contributed by atoms with Crippen molar-refractivity contribution in [3.63, 3.8) is 0 Å². The largest absolute Gasteiger partial charge is 0.417 e. The number of hydrogen-bond donors (Lipinski definition) is 1. The van der Waals surface area contributed by atoms with Gasteiger partial charge in [0, 0.05) is 23.5 Å². The molecule has 5 nitrogen and oxygen atoms in total. The van der Waals surface area contributed by atoms with Gasteiger partial charge in [0.2, 0.25) is 5.91 Å². The molecule has 0 saturated heterocycles. The Morgan fingerprint density at radius 3 is 2.48 bits per heavy atom. The van der Waals surface area contributed by atoms with Gasteiger partial charge >= 0.3 is 6.18 Å². The Balaban J connectivity index is 1.82. The average molecular weight is 410 g/mol. The van der Waals surface area contributed by atoms with Crippen molar-refractivity contribution in [1.82, 2.24) is 14.8 Å². The number of aromatic nitrogens is 3. The van der Waals surface area contributed by atoms with Crippen LogP contribution in [0.3, 0.4) is 0 Å². The van der Waals surface area contributed by atoms with Crippen LogP contribution in [0.2, 0.25) is 0 Å². The zero-order valence-electron chi connectivity index (χ0n) is 15.3. The number of nitrogens with zero attached hydrogens (tertiary/aromatic N) is 3. The highest BCUT2D eigenvalue weighted by molar-refractivity contribution is 5.92. The third kappa shape index (κ3) is 4.41. The third-order valence-electron chi connectivity index (χ3n) is 4.27. The van der Waals surface area contributed by atoms with E-state index in [0.717, 1.165) is 24.3 Å². The van der Waals surface area contributed by atoms with E-state index in [0.29, 0.717) is 23.1 Å². The molecule has 0 saturated carbocycles. The van der Waals surface area contributed by atoms with Crippen LogP contribution in [0.5, 0.6) is 0 Å². The molecule has 2 aromatic heterocycles. The lowest BCUT2D eigenvalue weighted by Gasteiger charge is -2.09. The molecule has 0 spiro atoms. The summed E-state index contributed by atoms with van der Waals surface area (Å²) in [6, 6.07) is 4.75. The van der Waals surface area contributed by atoms with Crippen molar-refractivity contribution in [2.75, 3.05) is 5.32 Å². The van der Waals surface area contributed by atoms with E-state index < -0.39 is 29.3 Å². The summed E-state index contributed by atoms with van der Waals surface area (Å²) in [6.45, 7) is 3.25. The molecule has 10 heteroatoms. The summed E-state index contributed by atoms with van der Waals surface area (Å²) < 4.78 is 66.3. The summed E-state index contributed by atoms with van der Waals surface area (Å²) >= 11 is 0. The van der Waals surface area contributed by atoms with E-state index in [1.165, 1.54) is 10.7 Å². The van der Waals surface area contributed by atoms with E-state index >= 15 is 0 Å². The van der Waals surface area contributed by atoms with Gasteiger partial charge in [0.05, 0.1) is 23.4 Å². The molecule has 2 heterocycles. The maximum Gasteiger partial charge on any atom is 0.417 e. The van der Waals surface area contributed by atoms with Crippen LogP contribution >= 0.6 is 0 Å². The zero-order chi connectivity index (χ0) is 21.3. The predicted octanol–water partition coefficient (Wildman–Crippen LogP) is 4.36. The Hall–Kier alpha value is -3.30. The summed E-state index contributed by atoms with van der Waals surface area (Å²) in [7, 11) is 0. The molecule has 0 unspecified atom stereocenters. The number of carbonyl (C=O) groups is 1. The first-order chi connectivity index (χ1) is 13.6. The number of pyridine rings is 1. The van der Waals surface area contributed by atoms with Crippen LogP contribution in [-0.2, 0) is 17.4 Å². The number of halogens is 5. The topological polar surface area (TPSA) is 59.8 Å². The highest BCUT2D eigenvalue weighted by Crippen LogP contribution is 2.29. The number of rotatable bonds is 4. The summed E-state index contributed by atoms with van der Waals surface area (Å²) in [5.41, 5.74) is 0.270. The predicted molar refractivity (Wildman–Crippen MR) is 94.5 cm³/mol. The molecule has 3 rings (SSSR count). The first-order valence-electron chi connectivity index (χ1n) is 8.40. The highest BCUT2D eigenvalue weighted by atomic mass is 19.4. The summed E-state index contributed by atoms with van der Waals surface area (Å²) in [6.07, 6.45) is -3.99. The van der Waals surface area contributed by atoms with Gasteiger partial charge < -0.3 is 5.32 Å². The van der Waals surface area contributed by atoms with Crippen LogP contribution < -0.4 is 5.32 Å². The number of aryl methyl sites for hydroxylation is 1. The molecule has 3 aromatic rings. The van der Waals surface area contributed by atoms with Gasteiger partial charge in [-0.3, -0.25) is 4.79 Å². The summed E-state index contributed by atoms with van der Waals surface area (Å²) in [5, 5.41) is 6.52. The van der Waals surface area contributed by atoms with Crippen LogP contribution in [0.25, 0.3) is 5.82 Å². The monoisotopic (exact) mass is 410 g/mol. The van der Waals surface area contributed by atoms with E-state index in [9.17, 15) is 26.7 Å². The average Bonchev–Trinajstić information content (AvgIpc) is 2.92. The third-order valence-corrected chi connectivity index (χ3v) is 4.27. The lowest BCUT2D eigenvalue weighted by Crippen LogP contribution is -2.16. The van der Waals surface area contributed by atoms with Crippen molar-refractivity contribution < 1.29 is 26.7 Å². The molecule has 0 radical (unpaired) electrons. The van der Waals surface area contributed by atoms with Gasteiger partial charge in [-0.2, -0.15) is 18.3 Å². The lowest BCUT2D eigenvalue weighted by molar-refractivity contribution is -0.137. The molecule has 29 heavy (non-hydrogen) atoms. The Morgan fingerprint density at radius 1 is 1.14 bits per heavy atom. The molecular weight excluding hydrogens is 395 g/mol. The minimum Gasteiger partial charge on any atom is -0.323 e. The van der Waals surface area contributed by atoms with Gasteiger partial charge in [-0.15, -0.1) is 0 Å². The van der Waals surface area contributed by atoms with Crippen LogP contribution in [0.4, 0.5) is 27.6 Å². The second-order valence-corrected chi connectivity index (χ2v) is 6.31. The van der Waals surface area contributed by atoms with Gasteiger partial charge in [-0.1, -0.05) is 0 Å². The molecule has 1 aromatic carbocycles. The van der Waals surface area contributed by atoms with E-state index in [2.05, 4.69) is 15.4 Å². The number of nitrogens with one attached hydrogen (secondary N) is 1. The van der Waals surface area contributed by atoms with E-state index in [4.69, 9.17) is 0 Å². The number of hydrogen-bond acceptors (Lipinski definition) is 3. The van der Waals surface area contributed by atoms with Crippen LogP contribution in [0.1, 0.15) is 22.5 Å². The van der Waals surface area contributed by atoms with E-state index in [1.807, 2.05) is 0 Å². The van der Waals surface area contributed by atoms with Crippen molar-refractivity contribution in [2.45, 2.75) is 26.4 Å². The molecule has 0 atom stereocenters. The fourth-order valence-corrected chi connectivity index (χ4v) is 2.78. The smallest absolute Gasteiger partial charge is 0.323 e. The molecule has 0 aliphatic heterocycles. The fourth-order valence-electron chi connectivity index (χ4n) is 2.78. The maximum atomic E-state index is 13.7. The Labute approximate surface area is 162 Å². The molecule has 152 valence electrons. The van der Waals surface area contributed by atoms with Gasteiger partial charge in [-0.05, 0) is 38.1 Å². The van der Waals surface area contributed by atoms with Crippen molar-refractivity contribution in [1.29, 1.82) is 0 Å². The van der Waals surface area contributed by atoms with Crippen LogP contribution in [-0.4, -0.2) is 20.7 Å². The summed E-state index contributed by atoms with van der Waals surface area (Å²) in [5.74, 6) is -1.92. The molecule has 0 aliphatic rings. The molecule has 0 fully saturated rings. The quantitative estimate of drug-likeness (QED) is 0.650. The standard InChI is InChI=1S/C19H15F5N4O/c1-10-14(8-18(29)26-16-7-13(20)4-5-15(16)21)11(2)28(27-10)17-6-3-12(9-25-17)19(22,23)24/h3-7,9H,8H2,1-2H3,(H,26,29). The minimum atomic E-state index is -4.50. The Kier molecular flexibility index (Phi) is 5.36. The second-order valence-electron chi connectivity index (χ2n) is 6.31. The number of carbonyl (C=O) groups excluding carboxylic acids is 1. The molecule has 0 bridgehead atoms. The minimum absolute atomic E-state index is 0.154. The highest BCUT2D eigenvalue weighted by Gasteiger charge is 2.31. The fraction of sp³-hybridized carbons (Fsp3) is 0.211. The molecule has 1 N–H and O–H groups in total. The van der Waals surface area contributed by atoms with Gasteiger partial charge in [0.1, 0.15) is 11.6 Å². The van der Waals surface area contributed by atoms with Gasteiger partial charge in [0.25, 0.3) is 0 Å². The second kappa shape index (κ2) is 7.61. The van der Waals surface area contributed by atoms with Crippen molar-refractivity contribution >= 4 is 11.6 Å². The zero-order valence-corrected chi connectivity index (χ0v) is 15.3. The van der Waals surface area contributed by atoms with Gasteiger partial charge in [0.15, 0.2) is 5.82 Å². The molecule has 0 aliphatic carbocycles. The normalized spacial score (nSPS) is 11.6. The van der Waals surface area contributed by atoms with Crippen molar-refractivity contribution in [3.8, 4) is 5.82 Å². The number of benzene rings is 1. The SMILES string of the molecule is Cc1nn(-c2ccc(C(F)(F)F)cn2)c(C)c1CC(=O)Nc1cc(F)ccc1F. The number of alkyl halides is 3. The molecule has 1 amide bonds. The van der Waals surface area contributed by atoms with Crippen LogP contribution in [0, 0.1) is 25.5 Å². The Morgan fingerprint density at radius 2 is 1.86 bits per heavy atom. The van der Waals surface area contributed by atoms with E-state index in [1.54, 1.807) is 13.8 Å². The van der Waals surface area contributed by atoms with E-state index in [-0.39, 0.29) is 17.9 Å². The van der Waals surface area contributed by atoms with Crippen molar-refractivity contribution in [2.24, 2.45) is 0 Å². The first-order valence-corrected chi connectivity index (χ1v) is 8.40. The number of anilines is 1. The molecular formula is C19H15F5N4O. The summed E-state index contributed by atoms with van der Waals surface area (Å²) in [4.78, 5) is 16.1. The first kappa shape index (κ1) is 20.4.